The lowest BCUT2D eigenvalue weighted by Crippen LogP contribution is -2.38. The average Bonchev–Trinajstić information content (AvgIpc) is 3.02. The van der Waals surface area contributed by atoms with Gasteiger partial charge in [-0.2, -0.15) is 0 Å². The summed E-state index contributed by atoms with van der Waals surface area (Å²) < 4.78 is 26.6. The molecule has 1 aromatic carbocycles. The molecular formula is C22H28F2N4O. The van der Waals surface area contributed by atoms with Crippen LogP contribution in [-0.4, -0.2) is 36.1 Å². The van der Waals surface area contributed by atoms with Gasteiger partial charge in [0.05, 0.1) is 6.04 Å². The highest BCUT2D eigenvalue weighted by molar-refractivity contribution is 5.74. The van der Waals surface area contributed by atoms with Crippen LogP contribution in [0.4, 0.5) is 19.4 Å². The minimum absolute atomic E-state index is 0.282. The molecule has 2 aromatic rings. The van der Waals surface area contributed by atoms with Gasteiger partial charge in [-0.3, -0.25) is 0 Å². The standard InChI is InChI=1S/C22H28F2N4O/c1-16(18-7-8-19(23)20(24)14-18)27(2)22(29)26-15-17-9-10-25-21(13-17)28-11-5-3-4-6-12-28/h7-10,13-14,16H,3-6,11-12,15H2,1-2H3,(H,26,29). The van der Waals surface area contributed by atoms with Crippen molar-refractivity contribution in [1.82, 2.24) is 15.2 Å². The smallest absolute Gasteiger partial charge is 0.317 e. The predicted molar refractivity (Wildman–Crippen MR) is 110 cm³/mol. The lowest BCUT2D eigenvalue weighted by Gasteiger charge is -2.26. The Morgan fingerprint density at radius 2 is 1.86 bits per heavy atom. The Morgan fingerprint density at radius 1 is 1.14 bits per heavy atom. The molecule has 1 aliphatic heterocycles. The third-order valence-corrected chi connectivity index (χ3v) is 5.51. The van der Waals surface area contributed by atoms with Crippen molar-refractivity contribution in [2.75, 3.05) is 25.0 Å². The van der Waals surface area contributed by atoms with Gasteiger partial charge in [0.25, 0.3) is 0 Å². The molecule has 0 aliphatic carbocycles. The number of urea groups is 1. The normalized spacial score (nSPS) is 15.5. The van der Waals surface area contributed by atoms with E-state index in [-0.39, 0.29) is 6.03 Å². The Labute approximate surface area is 170 Å². The Bertz CT molecular complexity index is 837. The maximum Gasteiger partial charge on any atom is 0.317 e. The van der Waals surface area contributed by atoms with Crippen LogP contribution >= 0.6 is 0 Å². The van der Waals surface area contributed by atoms with Gasteiger partial charge in [-0.15, -0.1) is 0 Å². The first-order valence-electron chi connectivity index (χ1n) is 10.1. The van der Waals surface area contributed by atoms with Crippen molar-refractivity contribution in [1.29, 1.82) is 0 Å². The molecule has 0 radical (unpaired) electrons. The number of carbonyl (C=O) groups excluding carboxylic acids is 1. The quantitative estimate of drug-likeness (QED) is 0.792. The van der Waals surface area contributed by atoms with Crippen molar-refractivity contribution in [2.45, 2.75) is 45.2 Å². The molecule has 1 aromatic heterocycles. The Morgan fingerprint density at radius 3 is 2.55 bits per heavy atom. The molecule has 5 nitrogen and oxygen atoms in total. The molecule has 2 amide bonds. The van der Waals surface area contributed by atoms with E-state index in [0.717, 1.165) is 36.6 Å². The van der Waals surface area contributed by atoms with Gasteiger partial charge in [-0.25, -0.2) is 18.6 Å². The van der Waals surface area contributed by atoms with E-state index in [4.69, 9.17) is 0 Å². The van der Waals surface area contributed by atoms with E-state index in [2.05, 4.69) is 15.2 Å². The van der Waals surface area contributed by atoms with E-state index < -0.39 is 17.7 Å². The summed E-state index contributed by atoms with van der Waals surface area (Å²) >= 11 is 0. The number of benzene rings is 1. The van der Waals surface area contributed by atoms with Crippen LogP contribution in [0, 0.1) is 11.6 Å². The molecule has 1 N–H and O–H groups in total. The van der Waals surface area contributed by atoms with Gasteiger partial charge in [-0.05, 0) is 55.2 Å². The summed E-state index contributed by atoms with van der Waals surface area (Å²) in [6.07, 6.45) is 6.64. The summed E-state index contributed by atoms with van der Waals surface area (Å²) in [5.41, 5.74) is 1.51. The average molecular weight is 402 g/mol. The molecule has 0 bridgehead atoms. The van der Waals surface area contributed by atoms with Crippen LogP contribution in [-0.2, 0) is 6.54 Å². The zero-order valence-corrected chi connectivity index (χ0v) is 17.0. The Kier molecular flexibility index (Phi) is 7.01. The van der Waals surface area contributed by atoms with E-state index in [1.807, 2.05) is 12.1 Å². The lowest BCUT2D eigenvalue weighted by atomic mass is 10.1. The first-order chi connectivity index (χ1) is 14.0. The summed E-state index contributed by atoms with van der Waals surface area (Å²) in [7, 11) is 1.64. The Balaban J connectivity index is 1.59. The summed E-state index contributed by atoms with van der Waals surface area (Å²) in [5.74, 6) is -0.867. The van der Waals surface area contributed by atoms with Crippen LogP contribution in [0.15, 0.2) is 36.5 Å². The van der Waals surface area contributed by atoms with Crippen LogP contribution in [0.5, 0.6) is 0 Å². The van der Waals surface area contributed by atoms with Crippen molar-refractivity contribution in [3.05, 3.63) is 59.3 Å². The van der Waals surface area contributed by atoms with E-state index in [0.29, 0.717) is 12.1 Å². The van der Waals surface area contributed by atoms with Gasteiger partial charge in [-0.1, -0.05) is 18.9 Å². The first kappa shape index (κ1) is 21.0. The molecule has 1 saturated heterocycles. The Hall–Kier alpha value is -2.70. The molecule has 3 rings (SSSR count). The minimum Gasteiger partial charge on any atom is -0.357 e. The van der Waals surface area contributed by atoms with Gasteiger partial charge in [0.15, 0.2) is 11.6 Å². The number of halogens is 2. The molecule has 1 fully saturated rings. The number of amides is 2. The molecule has 1 atom stereocenters. The zero-order chi connectivity index (χ0) is 20.8. The maximum absolute atomic E-state index is 13.5. The van der Waals surface area contributed by atoms with Gasteiger partial charge >= 0.3 is 6.03 Å². The maximum atomic E-state index is 13.5. The molecule has 29 heavy (non-hydrogen) atoms. The number of rotatable bonds is 5. The molecule has 7 heteroatoms. The first-order valence-corrected chi connectivity index (χ1v) is 10.1. The van der Waals surface area contributed by atoms with Crippen LogP contribution in [0.2, 0.25) is 0 Å². The van der Waals surface area contributed by atoms with Crippen molar-refractivity contribution >= 4 is 11.8 Å². The number of hydrogen-bond donors (Lipinski definition) is 1. The van der Waals surface area contributed by atoms with E-state index in [1.165, 1.54) is 36.6 Å². The summed E-state index contributed by atoms with van der Waals surface area (Å²) in [6, 6.07) is 6.92. The monoisotopic (exact) mass is 402 g/mol. The van der Waals surface area contributed by atoms with Crippen LogP contribution in [0.1, 0.15) is 49.8 Å². The number of nitrogens with zero attached hydrogens (tertiary/aromatic N) is 3. The summed E-state index contributed by atoms with van der Waals surface area (Å²) in [6.45, 7) is 4.17. The SMILES string of the molecule is CC(c1ccc(F)c(F)c1)N(C)C(=O)NCc1ccnc(N2CCCCCC2)c1. The second-order valence-corrected chi connectivity index (χ2v) is 7.54. The van der Waals surface area contributed by atoms with Gasteiger partial charge in [0.1, 0.15) is 5.82 Å². The van der Waals surface area contributed by atoms with Crippen LogP contribution in [0.3, 0.4) is 0 Å². The molecular weight excluding hydrogens is 374 g/mol. The van der Waals surface area contributed by atoms with E-state index in [1.54, 1.807) is 20.2 Å². The third kappa shape index (κ3) is 5.43. The largest absolute Gasteiger partial charge is 0.357 e. The molecule has 1 aliphatic rings. The highest BCUT2D eigenvalue weighted by atomic mass is 19.2. The number of hydrogen-bond acceptors (Lipinski definition) is 3. The summed E-state index contributed by atoms with van der Waals surface area (Å²) in [5, 5.41) is 2.89. The highest BCUT2D eigenvalue weighted by Crippen LogP contribution is 2.21. The van der Waals surface area contributed by atoms with Gasteiger partial charge < -0.3 is 15.1 Å². The number of carbonyl (C=O) groups is 1. The van der Waals surface area contributed by atoms with Gasteiger partial charge in [0.2, 0.25) is 0 Å². The third-order valence-electron chi connectivity index (χ3n) is 5.51. The fraction of sp³-hybridized carbons (Fsp3) is 0.455. The second-order valence-electron chi connectivity index (χ2n) is 7.54. The molecule has 0 saturated carbocycles. The number of pyridine rings is 1. The van der Waals surface area contributed by atoms with E-state index in [9.17, 15) is 13.6 Å². The fourth-order valence-electron chi connectivity index (χ4n) is 3.52. The number of anilines is 1. The molecule has 1 unspecified atom stereocenters. The highest BCUT2D eigenvalue weighted by Gasteiger charge is 2.19. The number of nitrogens with one attached hydrogen (secondary N) is 1. The van der Waals surface area contributed by atoms with Crippen LogP contribution in [0.25, 0.3) is 0 Å². The van der Waals surface area contributed by atoms with Crippen LogP contribution < -0.4 is 10.2 Å². The zero-order valence-electron chi connectivity index (χ0n) is 17.0. The topological polar surface area (TPSA) is 48.5 Å². The van der Waals surface area contributed by atoms with Crippen molar-refractivity contribution in [3.8, 4) is 0 Å². The van der Waals surface area contributed by atoms with Crippen molar-refractivity contribution in [3.63, 3.8) is 0 Å². The fourth-order valence-corrected chi connectivity index (χ4v) is 3.52. The molecule has 156 valence electrons. The van der Waals surface area contributed by atoms with Crippen molar-refractivity contribution < 1.29 is 13.6 Å². The second kappa shape index (κ2) is 9.67. The van der Waals surface area contributed by atoms with E-state index >= 15 is 0 Å². The van der Waals surface area contributed by atoms with Gasteiger partial charge in [0, 0.05) is 32.9 Å². The predicted octanol–water partition coefficient (Wildman–Crippen LogP) is 4.64. The number of aromatic nitrogens is 1. The minimum atomic E-state index is -0.916. The lowest BCUT2D eigenvalue weighted by molar-refractivity contribution is 0.194. The summed E-state index contributed by atoms with van der Waals surface area (Å²) in [4.78, 5) is 20.8. The molecule has 2 heterocycles. The molecule has 0 spiro atoms. The van der Waals surface area contributed by atoms with Crippen molar-refractivity contribution in [2.24, 2.45) is 0 Å².